The highest BCUT2D eigenvalue weighted by Crippen LogP contribution is 2.35. The van der Waals surface area contributed by atoms with E-state index in [9.17, 15) is 5.11 Å². The Morgan fingerprint density at radius 1 is 1.33 bits per heavy atom. The van der Waals surface area contributed by atoms with Crippen LogP contribution < -0.4 is 5.48 Å². The minimum atomic E-state index is -0.127. The Morgan fingerprint density at radius 2 is 1.93 bits per heavy atom. The van der Waals surface area contributed by atoms with Crippen LogP contribution in [0.25, 0.3) is 0 Å². The van der Waals surface area contributed by atoms with Gasteiger partial charge in [-0.25, -0.2) is 5.48 Å². The maximum Gasteiger partial charge on any atom is 0.123 e. The van der Waals surface area contributed by atoms with Gasteiger partial charge in [-0.15, -0.1) is 0 Å². The van der Waals surface area contributed by atoms with Crippen LogP contribution >= 0.6 is 15.9 Å². The fraction of sp³-hybridized carbons (Fsp3) is 0.455. The van der Waals surface area contributed by atoms with Gasteiger partial charge in [0.1, 0.15) is 5.75 Å². The molecule has 1 aromatic carbocycles. The molecular weight excluding hydrogens is 258 g/mol. The fourth-order valence-electron chi connectivity index (χ4n) is 1.45. The van der Waals surface area contributed by atoms with Crippen molar-refractivity contribution in [2.75, 3.05) is 0 Å². The maximum atomic E-state index is 10.0. The van der Waals surface area contributed by atoms with E-state index < -0.39 is 0 Å². The molecule has 0 atom stereocenters. The van der Waals surface area contributed by atoms with Gasteiger partial charge in [0.05, 0.1) is 0 Å². The van der Waals surface area contributed by atoms with E-state index in [4.69, 9.17) is 5.21 Å². The number of phenols is 1. The maximum absolute atomic E-state index is 10.0. The number of benzene rings is 1. The lowest BCUT2D eigenvalue weighted by molar-refractivity contribution is 0.160. The molecule has 0 aromatic heterocycles. The third-order valence-electron chi connectivity index (χ3n) is 2.23. The number of phenolic OH excluding ortho intramolecular Hbond substituents is 1. The Hall–Kier alpha value is -0.580. The Kier molecular flexibility index (Phi) is 3.76. The second-order valence-electron chi connectivity index (χ2n) is 4.55. The molecule has 0 saturated heterocycles. The Balaban J connectivity index is 3.28. The zero-order valence-electron chi connectivity index (χ0n) is 9.13. The number of aromatic hydroxyl groups is 1. The van der Waals surface area contributed by atoms with Crippen LogP contribution in [0.1, 0.15) is 31.9 Å². The molecule has 0 unspecified atom stereocenters. The van der Waals surface area contributed by atoms with Gasteiger partial charge in [0.25, 0.3) is 0 Å². The summed E-state index contributed by atoms with van der Waals surface area (Å²) < 4.78 is 0.899. The molecule has 84 valence electrons. The number of hydrogen-bond acceptors (Lipinski definition) is 3. The zero-order valence-corrected chi connectivity index (χ0v) is 10.7. The molecule has 1 rings (SSSR count). The van der Waals surface area contributed by atoms with Crippen molar-refractivity contribution in [1.29, 1.82) is 0 Å². The molecule has 0 aliphatic heterocycles. The van der Waals surface area contributed by atoms with E-state index >= 15 is 0 Å². The molecule has 0 bridgehead atoms. The average Bonchev–Trinajstić information content (AvgIpc) is 2.09. The number of hydrogen-bond donors (Lipinski definition) is 3. The van der Waals surface area contributed by atoms with E-state index in [1.807, 2.05) is 32.3 Å². The molecule has 4 heteroatoms. The monoisotopic (exact) mass is 273 g/mol. The molecule has 0 fully saturated rings. The first-order chi connectivity index (χ1) is 6.86. The van der Waals surface area contributed by atoms with Crippen LogP contribution in [0.3, 0.4) is 0 Å². The molecule has 15 heavy (non-hydrogen) atoms. The van der Waals surface area contributed by atoms with Gasteiger partial charge in [0, 0.05) is 22.1 Å². The summed E-state index contributed by atoms with van der Waals surface area (Å²) in [6.07, 6.45) is 0. The van der Waals surface area contributed by atoms with Crippen LogP contribution in [0.4, 0.5) is 0 Å². The number of nitrogens with one attached hydrogen (secondary N) is 1. The summed E-state index contributed by atoms with van der Waals surface area (Å²) in [5.41, 5.74) is 3.46. The lowest BCUT2D eigenvalue weighted by Gasteiger charge is -2.22. The molecular formula is C11H16BrNO2. The summed E-state index contributed by atoms with van der Waals surface area (Å²) in [5, 5.41) is 18.7. The van der Waals surface area contributed by atoms with Crippen molar-refractivity contribution in [3.63, 3.8) is 0 Å². The SMILES string of the molecule is CC(C)(C)c1cc(Br)cc(CNO)c1O. The van der Waals surface area contributed by atoms with E-state index in [1.165, 1.54) is 0 Å². The fourth-order valence-corrected chi connectivity index (χ4v) is 1.95. The molecule has 0 amide bonds. The van der Waals surface area contributed by atoms with Gasteiger partial charge in [-0.1, -0.05) is 36.7 Å². The second kappa shape index (κ2) is 4.51. The van der Waals surface area contributed by atoms with Crippen LogP contribution in [0.15, 0.2) is 16.6 Å². The van der Waals surface area contributed by atoms with Crippen LogP contribution in [0.2, 0.25) is 0 Å². The van der Waals surface area contributed by atoms with Crippen molar-refractivity contribution in [2.24, 2.45) is 0 Å². The van der Waals surface area contributed by atoms with Crippen molar-refractivity contribution < 1.29 is 10.3 Å². The smallest absolute Gasteiger partial charge is 0.123 e. The molecule has 0 heterocycles. The van der Waals surface area contributed by atoms with Crippen molar-refractivity contribution in [1.82, 2.24) is 5.48 Å². The Bertz CT molecular complexity index is 358. The van der Waals surface area contributed by atoms with E-state index in [0.717, 1.165) is 10.0 Å². The van der Waals surface area contributed by atoms with Gasteiger partial charge >= 0.3 is 0 Å². The zero-order chi connectivity index (χ0) is 11.6. The molecule has 3 nitrogen and oxygen atoms in total. The summed E-state index contributed by atoms with van der Waals surface area (Å²) in [4.78, 5) is 0. The van der Waals surface area contributed by atoms with Gasteiger partial charge < -0.3 is 10.3 Å². The third kappa shape index (κ3) is 2.93. The van der Waals surface area contributed by atoms with Gasteiger partial charge in [-0.3, -0.25) is 0 Å². The highest BCUT2D eigenvalue weighted by molar-refractivity contribution is 9.10. The lowest BCUT2D eigenvalue weighted by Crippen LogP contribution is -2.14. The van der Waals surface area contributed by atoms with Crippen molar-refractivity contribution in [3.8, 4) is 5.75 Å². The minimum Gasteiger partial charge on any atom is -0.507 e. The summed E-state index contributed by atoms with van der Waals surface area (Å²) in [5.74, 6) is 0.243. The summed E-state index contributed by atoms with van der Waals surface area (Å²) >= 11 is 3.39. The minimum absolute atomic E-state index is 0.127. The quantitative estimate of drug-likeness (QED) is 0.727. The predicted octanol–water partition coefficient (Wildman–Crippen LogP) is 2.93. The molecule has 3 N–H and O–H groups in total. The largest absolute Gasteiger partial charge is 0.507 e. The standard InChI is InChI=1S/C11H16BrNO2/c1-11(2,3)9-5-8(12)4-7(6-13-15)10(9)14/h4-5,13-15H,6H2,1-3H3. The van der Waals surface area contributed by atoms with Crippen LogP contribution in [-0.4, -0.2) is 10.3 Å². The van der Waals surface area contributed by atoms with Crippen molar-refractivity contribution >= 4 is 15.9 Å². The van der Waals surface area contributed by atoms with Crippen molar-refractivity contribution in [3.05, 3.63) is 27.7 Å². The topological polar surface area (TPSA) is 52.5 Å². The highest BCUT2D eigenvalue weighted by Gasteiger charge is 2.20. The Labute approximate surface area is 98.2 Å². The van der Waals surface area contributed by atoms with Gasteiger partial charge in [-0.2, -0.15) is 0 Å². The van der Waals surface area contributed by atoms with E-state index in [2.05, 4.69) is 15.9 Å². The Morgan fingerprint density at radius 3 is 2.40 bits per heavy atom. The summed E-state index contributed by atoms with van der Waals surface area (Å²) in [7, 11) is 0. The first kappa shape index (κ1) is 12.5. The number of rotatable bonds is 2. The van der Waals surface area contributed by atoms with Gasteiger partial charge in [-0.05, 0) is 17.5 Å². The summed E-state index contributed by atoms with van der Waals surface area (Å²) in [6.45, 7) is 6.33. The first-order valence-corrected chi connectivity index (χ1v) is 5.54. The molecule has 0 saturated carbocycles. The van der Waals surface area contributed by atoms with E-state index in [1.54, 1.807) is 6.07 Å². The highest BCUT2D eigenvalue weighted by atomic mass is 79.9. The molecule has 0 radical (unpaired) electrons. The lowest BCUT2D eigenvalue weighted by atomic mass is 9.85. The first-order valence-electron chi connectivity index (χ1n) is 4.75. The average molecular weight is 274 g/mol. The molecule has 0 aliphatic rings. The van der Waals surface area contributed by atoms with Gasteiger partial charge in [0.2, 0.25) is 0 Å². The van der Waals surface area contributed by atoms with E-state index in [0.29, 0.717) is 5.56 Å². The van der Waals surface area contributed by atoms with Crippen LogP contribution in [-0.2, 0) is 12.0 Å². The molecule has 0 spiro atoms. The van der Waals surface area contributed by atoms with Crippen molar-refractivity contribution in [2.45, 2.75) is 32.7 Å². The van der Waals surface area contributed by atoms with Crippen LogP contribution in [0.5, 0.6) is 5.75 Å². The summed E-state index contributed by atoms with van der Waals surface area (Å²) in [6, 6.07) is 3.68. The molecule has 1 aromatic rings. The number of hydroxylamine groups is 1. The third-order valence-corrected chi connectivity index (χ3v) is 2.69. The van der Waals surface area contributed by atoms with Crippen LogP contribution in [0, 0.1) is 0 Å². The second-order valence-corrected chi connectivity index (χ2v) is 5.46. The number of halogens is 1. The molecule has 0 aliphatic carbocycles. The van der Waals surface area contributed by atoms with Gasteiger partial charge in [0.15, 0.2) is 0 Å². The van der Waals surface area contributed by atoms with E-state index in [-0.39, 0.29) is 17.7 Å². The predicted molar refractivity (Wildman–Crippen MR) is 63.1 cm³/mol. The normalized spacial score (nSPS) is 11.8.